The standard InChI is InChI=1S/C50H61N5O25/c1-14-68-50(67)35-17-38(71-23(35)4)44(77-29(10)61)46(79-31(12)63)40(73-25(6)57)19-53-48(65)33-15-36(69-21(33)2)42(75-27(8)59)45(78-30(11)62)39(72-24(5)56)18-52-49(66)34-16-37(70-22(34)3)43(76-28(9)60)47(80-32(13)64)41(20-54-55-51)74-26(7)58/h15-17,39-47H,14,18-20H2,1-13H3,(H,52,66)(H,53,65)/t39-,40-,41-,42-,43-,44-,45-,46-,47-/m1/s1. The first kappa shape index (κ1) is 65.1. The van der Waals surface area contributed by atoms with Crippen molar-refractivity contribution in [2.75, 3.05) is 26.2 Å². The van der Waals surface area contributed by atoms with Crippen molar-refractivity contribution < 1.29 is 118 Å². The van der Waals surface area contributed by atoms with Crippen LogP contribution < -0.4 is 10.6 Å². The largest absolute Gasteiger partial charge is 0.462 e. The third-order valence-electron chi connectivity index (χ3n) is 10.6. The second-order valence-electron chi connectivity index (χ2n) is 17.2. The van der Waals surface area contributed by atoms with Crippen molar-refractivity contribution in [3.8, 4) is 0 Å². The molecule has 30 heteroatoms. The Hall–Kier alpha value is -9.21. The number of rotatable bonds is 28. The molecule has 0 fully saturated rings. The summed E-state index contributed by atoms with van der Waals surface area (Å²) in [7, 11) is 0. The van der Waals surface area contributed by atoms with Gasteiger partial charge in [-0.1, -0.05) is 5.11 Å². The van der Waals surface area contributed by atoms with E-state index < -0.39 is 152 Å². The van der Waals surface area contributed by atoms with E-state index >= 15 is 0 Å². The first-order valence-electron chi connectivity index (χ1n) is 24.1. The zero-order valence-corrected chi connectivity index (χ0v) is 45.8. The van der Waals surface area contributed by atoms with Gasteiger partial charge in [0, 0.05) is 67.2 Å². The van der Waals surface area contributed by atoms with Crippen molar-refractivity contribution in [3.05, 3.63) is 79.9 Å². The molecular weight excluding hydrogens is 1070 g/mol. The SMILES string of the molecule is CCOC(=O)c1cc([C@@H](OC(C)=O)[C@H](OC(C)=O)[C@@H](CNC(=O)c2cc([C@@H](OC(C)=O)[C@H](OC(C)=O)[C@@H](CNC(=O)c3cc([C@@H](OC(C)=O)[C@H](OC(C)=O)[C@@H](CN=[N+]=[N-])OC(C)=O)oc3C)OC(C)=O)oc2C)OC(C)=O)oc1C. The molecule has 3 rings (SSSR count). The van der Waals surface area contributed by atoms with Crippen LogP contribution >= 0.6 is 0 Å². The van der Waals surface area contributed by atoms with E-state index in [9.17, 15) is 57.5 Å². The van der Waals surface area contributed by atoms with E-state index in [2.05, 4.69) is 20.7 Å². The molecule has 0 bridgehead atoms. The van der Waals surface area contributed by atoms with Gasteiger partial charge < -0.3 is 71.3 Å². The number of azide groups is 1. The van der Waals surface area contributed by atoms with Gasteiger partial charge in [0.05, 0.1) is 37.4 Å². The molecule has 0 aliphatic carbocycles. The molecule has 0 unspecified atom stereocenters. The van der Waals surface area contributed by atoms with Crippen LogP contribution in [0.25, 0.3) is 10.4 Å². The van der Waals surface area contributed by atoms with Crippen molar-refractivity contribution in [1.29, 1.82) is 0 Å². The number of hydrogen-bond donors (Lipinski definition) is 2. The summed E-state index contributed by atoms with van der Waals surface area (Å²) < 4.78 is 71.6. The van der Waals surface area contributed by atoms with Gasteiger partial charge in [-0.25, -0.2) is 4.79 Å². The second kappa shape index (κ2) is 30.1. The van der Waals surface area contributed by atoms with Crippen LogP contribution in [0, 0.1) is 20.8 Å². The number of aryl methyl sites for hydroxylation is 3. The normalized spacial score (nSPS) is 14.2. The molecule has 30 nitrogen and oxygen atoms in total. The number of amides is 2. The number of nitrogens with zero attached hydrogens (tertiary/aromatic N) is 3. The van der Waals surface area contributed by atoms with Crippen LogP contribution in [0.3, 0.4) is 0 Å². The number of furan rings is 3. The minimum atomic E-state index is -1.87. The fourth-order valence-electron chi connectivity index (χ4n) is 7.76. The summed E-state index contributed by atoms with van der Waals surface area (Å²) in [6.45, 7) is 12.4. The summed E-state index contributed by atoms with van der Waals surface area (Å²) in [5, 5.41) is 8.38. The zero-order valence-electron chi connectivity index (χ0n) is 45.8. The number of esters is 10. The highest BCUT2D eigenvalue weighted by molar-refractivity contribution is 5.96. The molecule has 0 saturated carbocycles. The lowest BCUT2D eigenvalue weighted by molar-refractivity contribution is -0.185. The minimum Gasteiger partial charge on any atom is -0.462 e. The van der Waals surface area contributed by atoms with Crippen molar-refractivity contribution >= 4 is 71.5 Å². The summed E-state index contributed by atoms with van der Waals surface area (Å²) in [5.41, 5.74) is 8.35. The molecule has 0 spiro atoms. The first-order chi connectivity index (χ1) is 37.5. The molecule has 2 amide bonds. The van der Waals surface area contributed by atoms with Gasteiger partial charge in [0.15, 0.2) is 48.8 Å². The van der Waals surface area contributed by atoms with Gasteiger partial charge in [-0.3, -0.25) is 52.7 Å². The first-order valence-corrected chi connectivity index (χ1v) is 24.1. The van der Waals surface area contributed by atoms with E-state index in [1.54, 1.807) is 6.92 Å². The summed E-state index contributed by atoms with van der Waals surface area (Å²) in [5.74, 6) is -12.8. The Balaban J connectivity index is 2.07. The smallest absolute Gasteiger partial charge is 0.341 e. The molecule has 0 radical (unpaired) electrons. The number of carbonyl (C=O) groups excluding carboxylic acids is 12. The Kier molecular flexibility index (Phi) is 24.5. The molecule has 80 heavy (non-hydrogen) atoms. The van der Waals surface area contributed by atoms with Gasteiger partial charge in [0.2, 0.25) is 0 Å². The molecule has 436 valence electrons. The van der Waals surface area contributed by atoms with Gasteiger partial charge in [0.1, 0.15) is 46.2 Å². The fraction of sp³-hybridized carbons (Fsp3) is 0.520. The topological polar surface area (TPSA) is 409 Å². The molecule has 0 aromatic carbocycles. The van der Waals surface area contributed by atoms with Crippen LogP contribution in [0.15, 0.2) is 36.6 Å². The highest BCUT2D eigenvalue weighted by Gasteiger charge is 2.44. The molecule has 3 heterocycles. The average molecular weight is 1130 g/mol. The Morgan fingerprint density at radius 1 is 0.463 bits per heavy atom. The predicted octanol–water partition coefficient (Wildman–Crippen LogP) is 4.14. The third-order valence-corrected chi connectivity index (χ3v) is 10.6. The van der Waals surface area contributed by atoms with Crippen molar-refractivity contribution in [2.45, 2.75) is 145 Å². The number of hydrogen-bond acceptors (Lipinski definition) is 26. The van der Waals surface area contributed by atoms with Crippen LogP contribution in [0.1, 0.15) is 153 Å². The fourth-order valence-corrected chi connectivity index (χ4v) is 7.76. The Morgan fingerprint density at radius 2 is 0.750 bits per heavy atom. The summed E-state index contributed by atoms with van der Waals surface area (Å²) >= 11 is 0. The van der Waals surface area contributed by atoms with E-state index in [4.69, 9.17) is 66.2 Å². The van der Waals surface area contributed by atoms with E-state index in [1.165, 1.54) is 26.8 Å². The quantitative estimate of drug-likeness (QED) is 0.0339. The van der Waals surface area contributed by atoms with Gasteiger partial charge in [-0.2, -0.15) is 0 Å². The van der Waals surface area contributed by atoms with Gasteiger partial charge in [-0.05, 0) is 51.4 Å². The lowest BCUT2D eigenvalue weighted by atomic mass is 10.0. The highest BCUT2D eigenvalue weighted by Crippen LogP contribution is 2.35. The van der Waals surface area contributed by atoms with E-state index in [0.29, 0.717) is 0 Å². The van der Waals surface area contributed by atoms with Crippen LogP contribution in [0.5, 0.6) is 0 Å². The number of nitrogens with one attached hydrogen (secondary N) is 2. The maximum Gasteiger partial charge on any atom is 0.341 e. The van der Waals surface area contributed by atoms with Gasteiger partial charge >= 0.3 is 59.7 Å². The van der Waals surface area contributed by atoms with E-state index in [-0.39, 0.29) is 52.1 Å². The second-order valence-corrected chi connectivity index (χ2v) is 17.2. The Morgan fingerprint density at radius 3 is 1.05 bits per heavy atom. The minimum absolute atomic E-state index is 0.00259. The molecular formula is C50H61N5O25. The average Bonchev–Trinajstić information content (AvgIpc) is 4.05. The van der Waals surface area contributed by atoms with E-state index in [1.807, 2.05) is 0 Å². The van der Waals surface area contributed by atoms with Crippen LogP contribution in [-0.4, -0.2) is 134 Å². The monoisotopic (exact) mass is 1130 g/mol. The Labute approximate surface area is 455 Å². The van der Waals surface area contributed by atoms with E-state index in [0.717, 1.165) is 74.4 Å². The molecule has 2 N–H and O–H groups in total. The lowest BCUT2D eigenvalue weighted by Gasteiger charge is -2.31. The van der Waals surface area contributed by atoms with Crippen LogP contribution in [0.2, 0.25) is 0 Å². The predicted molar refractivity (Wildman–Crippen MR) is 262 cm³/mol. The molecule has 3 aromatic rings. The summed E-state index contributed by atoms with van der Waals surface area (Å²) in [6.07, 6.45) is -15.6. The summed E-state index contributed by atoms with van der Waals surface area (Å²) in [6, 6.07) is 3.31. The van der Waals surface area contributed by atoms with Crippen molar-refractivity contribution in [3.63, 3.8) is 0 Å². The van der Waals surface area contributed by atoms with Gasteiger partial charge in [0.25, 0.3) is 11.8 Å². The molecule has 0 saturated heterocycles. The highest BCUT2D eigenvalue weighted by atomic mass is 16.6. The van der Waals surface area contributed by atoms with Crippen molar-refractivity contribution in [1.82, 2.24) is 10.6 Å². The Bertz CT molecular complexity index is 2850. The maximum atomic E-state index is 14.1. The number of ether oxygens (including phenoxy) is 10. The molecule has 9 atom stereocenters. The molecule has 3 aromatic heterocycles. The lowest BCUT2D eigenvalue weighted by Crippen LogP contribution is -2.47. The van der Waals surface area contributed by atoms with Crippen LogP contribution in [0.4, 0.5) is 0 Å². The summed E-state index contributed by atoms with van der Waals surface area (Å²) in [4.78, 5) is 156. The molecule has 0 aliphatic rings. The van der Waals surface area contributed by atoms with Gasteiger partial charge in [-0.15, -0.1) is 0 Å². The third kappa shape index (κ3) is 19.4. The van der Waals surface area contributed by atoms with Crippen LogP contribution in [-0.2, 0) is 90.5 Å². The molecule has 0 aliphatic heterocycles. The maximum absolute atomic E-state index is 14.1. The zero-order chi connectivity index (χ0) is 60.3. The van der Waals surface area contributed by atoms with Crippen molar-refractivity contribution in [2.24, 2.45) is 5.11 Å². The number of carbonyl (C=O) groups is 12.